The van der Waals surface area contributed by atoms with Crippen LogP contribution in [0.25, 0.3) is 20.9 Å². The summed E-state index contributed by atoms with van der Waals surface area (Å²) < 4.78 is 12.3. The van der Waals surface area contributed by atoms with Crippen molar-refractivity contribution >= 4 is 23.2 Å². The number of hydrogen-bond donors (Lipinski definition) is 3. The molecule has 0 unspecified atom stereocenters. The molecule has 2 aliphatic rings. The summed E-state index contributed by atoms with van der Waals surface area (Å²) in [5.74, 6) is 0.321. The molecule has 0 saturated heterocycles. The van der Waals surface area contributed by atoms with Gasteiger partial charge in [0.2, 0.25) is 5.90 Å². The fourth-order valence-corrected chi connectivity index (χ4v) is 6.14. The molecule has 0 spiro atoms. The average Bonchev–Trinajstić information content (AvgIpc) is 3.71. The third kappa shape index (κ3) is 6.80. The lowest BCUT2D eigenvalue weighted by Gasteiger charge is -2.32. The highest BCUT2D eigenvalue weighted by Gasteiger charge is 2.54. The van der Waals surface area contributed by atoms with Crippen molar-refractivity contribution in [2.45, 2.75) is 43.4 Å². The number of nitrogens with zero attached hydrogens (tertiary/aromatic N) is 7. The molecule has 1 aliphatic heterocycles. The molecule has 1 amide bonds. The van der Waals surface area contributed by atoms with Gasteiger partial charge < -0.3 is 14.6 Å². The number of hydrogen-bond acceptors (Lipinski definition) is 8. The van der Waals surface area contributed by atoms with E-state index in [1.807, 2.05) is 12.1 Å². The van der Waals surface area contributed by atoms with E-state index in [0.29, 0.717) is 41.2 Å². The van der Waals surface area contributed by atoms with Gasteiger partial charge in [0, 0.05) is 57.8 Å². The summed E-state index contributed by atoms with van der Waals surface area (Å²) in [5, 5.41) is 16.9. The van der Waals surface area contributed by atoms with Crippen LogP contribution in [0.5, 0.6) is 5.75 Å². The topological polar surface area (TPSA) is 190 Å². The van der Waals surface area contributed by atoms with Gasteiger partial charge in [-0.3, -0.25) is 10.2 Å². The monoisotopic (exact) mass is 643 g/mol. The van der Waals surface area contributed by atoms with Gasteiger partial charge in [-0.1, -0.05) is 83.0 Å². The second kappa shape index (κ2) is 14.7. The van der Waals surface area contributed by atoms with Gasteiger partial charge in [-0.2, -0.15) is 0 Å². The number of ether oxygens (including phenoxy) is 2. The summed E-state index contributed by atoms with van der Waals surface area (Å²) in [7, 11) is 0. The molecule has 0 fully saturated rings. The number of aliphatic imine (C=N–C) groups is 1. The molecule has 3 N–H and O–H groups in total. The van der Waals surface area contributed by atoms with E-state index in [1.165, 1.54) is 11.1 Å². The van der Waals surface area contributed by atoms with Crippen molar-refractivity contribution in [2.75, 3.05) is 13.2 Å². The molecule has 0 saturated carbocycles. The van der Waals surface area contributed by atoms with Crippen molar-refractivity contribution in [3.05, 3.63) is 146 Å². The van der Waals surface area contributed by atoms with Crippen LogP contribution in [0.4, 0.5) is 11.4 Å². The van der Waals surface area contributed by atoms with E-state index in [9.17, 15) is 15.9 Å². The van der Waals surface area contributed by atoms with E-state index < -0.39 is 17.6 Å². The Balaban J connectivity index is 1.43. The number of rotatable bonds is 13. The molecule has 0 radical (unpaired) electrons. The van der Waals surface area contributed by atoms with Gasteiger partial charge in [0.05, 0.1) is 6.61 Å². The number of hydrazine groups is 1. The quantitative estimate of drug-likeness (QED) is 0.0484. The standard InChI is InChI=1S/C35H33N9O4/c36-43-40-30-12-5-3-10-26(30)22-35(34(46)42-39-27-20-24-8-1-2-9-25(24)21-27)32(29-11-4-6-13-31(29)41-44-37)48-33(38-35)23-14-16-28(17-15-23)47-19-7-18-45/h1-6,8-17,27,32,39,45H,7,18-22H2,(H,42,46)/t32-,35-/m0/s1. The lowest BCUT2D eigenvalue weighted by atomic mass is 9.81. The Hall–Kier alpha value is -5.84. The smallest absolute Gasteiger partial charge is 0.266 e. The minimum absolute atomic E-state index is 0.0122. The maximum atomic E-state index is 14.7. The van der Waals surface area contributed by atoms with E-state index in [1.54, 1.807) is 72.8 Å². The summed E-state index contributed by atoms with van der Waals surface area (Å²) in [6, 6.07) is 29.1. The van der Waals surface area contributed by atoms with E-state index in [4.69, 9.17) is 19.6 Å². The predicted molar refractivity (Wildman–Crippen MR) is 180 cm³/mol. The third-order valence-corrected chi connectivity index (χ3v) is 8.45. The first kappa shape index (κ1) is 32.1. The second-order valence-corrected chi connectivity index (χ2v) is 11.5. The number of nitrogens with one attached hydrogen (secondary N) is 2. The van der Waals surface area contributed by atoms with Crippen molar-refractivity contribution in [3.8, 4) is 5.75 Å². The second-order valence-electron chi connectivity index (χ2n) is 11.5. The lowest BCUT2D eigenvalue weighted by molar-refractivity contribution is -0.130. The Morgan fingerprint density at radius 3 is 2.27 bits per heavy atom. The van der Waals surface area contributed by atoms with Crippen molar-refractivity contribution in [3.63, 3.8) is 0 Å². The maximum Gasteiger partial charge on any atom is 0.266 e. The molecule has 13 heteroatoms. The highest BCUT2D eigenvalue weighted by atomic mass is 16.5. The maximum absolute atomic E-state index is 14.7. The third-order valence-electron chi connectivity index (χ3n) is 8.45. The number of azide groups is 2. The van der Waals surface area contributed by atoms with Crippen molar-refractivity contribution in [2.24, 2.45) is 15.2 Å². The SMILES string of the molecule is [N-]=[N+]=Nc1ccccc1C[C@]1(C(=O)NNC2Cc3ccccc3C2)N=C(c2ccc(OCCCO)cc2)O[C@H]1c1ccccc1N=[N+]=[N-]. The van der Waals surface area contributed by atoms with E-state index in [2.05, 4.69) is 43.0 Å². The molecule has 6 rings (SSSR count). The van der Waals surface area contributed by atoms with Crippen LogP contribution in [0.3, 0.4) is 0 Å². The number of aliphatic hydroxyl groups excluding tert-OH is 1. The normalized spacial score (nSPS) is 18.1. The molecular weight excluding hydrogens is 610 g/mol. The molecule has 0 bridgehead atoms. The van der Waals surface area contributed by atoms with Crippen LogP contribution in [-0.2, 0) is 28.8 Å². The van der Waals surface area contributed by atoms with Crippen LogP contribution in [0.15, 0.2) is 112 Å². The molecule has 48 heavy (non-hydrogen) atoms. The molecule has 1 aliphatic carbocycles. The number of aliphatic hydroxyl groups is 1. The Bertz CT molecular complexity index is 1890. The first-order valence-electron chi connectivity index (χ1n) is 15.5. The Labute approximate surface area is 276 Å². The molecule has 13 nitrogen and oxygen atoms in total. The van der Waals surface area contributed by atoms with Gasteiger partial charge in [-0.05, 0) is 64.9 Å². The largest absolute Gasteiger partial charge is 0.494 e. The number of carbonyl (C=O) groups excluding carboxylic acids is 1. The summed E-state index contributed by atoms with van der Waals surface area (Å²) in [6.07, 6.45) is 0.923. The van der Waals surface area contributed by atoms with Gasteiger partial charge in [0.1, 0.15) is 5.75 Å². The molecule has 4 aromatic rings. The number of carbonyl (C=O) groups is 1. The highest BCUT2D eigenvalue weighted by molar-refractivity contribution is 6.01. The average molecular weight is 644 g/mol. The van der Waals surface area contributed by atoms with Gasteiger partial charge in [-0.25, -0.2) is 10.4 Å². The number of benzene rings is 4. The molecular formula is C35H33N9O4. The first-order chi connectivity index (χ1) is 23.5. The zero-order valence-corrected chi connectivity index (χ0v) is 25.9. The van der Waals surface area contributed by atoms with Crippen LogP contribution in [0, 0.1) is 0 Å². The van der Waals surface area contributed by atoms with Gasteiger partial charge in [-0.15, -0.1) is 0 Å². The molecule has 242 valence electrons. The molecule has 1 heterocycles. The van der Waals surface area contributed by atoms with Crippen LogP contribution < -0.4 is 15.6 Å². The first-order valence-corrected chi connectivity index (χ1v) is 15.5. The minimum Gasteiger partial charge on any atom is -0.494 e. The highest BCUT2D eigenvalue weighted by Crippen LogP contribution is 2.46. The predicted octanol–water partition coefficient (Wildman–Crippen LogP) is 6.62. The van der Waals surface area contributed by atoms with Crippen LogP contribution >= 0.6 is 0 Å². The van der Waals surface area contributed by atoms with Crippen molar-refractivity contribution < 1.29 is 19.4 Å². The summed E-state index contributed by atoms with van der Waals surface area (Å²) in [4.78, 5) is 25.7. The minimum atomic E-state index is -1.65. The fourth-order valence-electron chi connectivity index (χ4n) is 6.14. The van der Waals surface area contributed by atoms with Gasteiger partial charge in [0.25, 0.3) is 5.91 Å². The van der Waals surface area contributed by atoms with Gasteiger partial charge >= 0.3 is 0 Å². The summed E-state index contributed by atoms with van der Waals surface area (Å²) >= 11 is 0. The summed E-state index contributed by atoms with van der Waals surface area (Å²) in [5.41, 5.74) is 27.9. The van der Waals surface area contributed by atoms with Crippen molar-refractivity contribution in [1.29, 1.82) is 0 Å². The fraction of sp³-hybridized carbons (Fsp3) is 0.257. The number of amides is 1. The van der Waals surface area contributed by atoms with E-state index in [0.717, 1.165) is 12.8 Å². The molecule has 2 atom stereocenters. The molecule has 0 aromatic heterocycles. The lowest BCUT2D eigenvalue weighted by Crippen LogP contribution is -2.56. The zero-order chi connectivity index (χ0) is 33.3. The Morgan fingerprint density at radius 2 is 1.56 bits per heavy atom. The van der Waals surface area contributed by atoms with Crippen LogP contribution in [-0.4, -0.2) is 41.7 Å². The van der Waals surface area contributed by atoms with E-state index in [-0.39, 0.29) is 30.7 Å². The van der Waals surface area contributed by atoms with Gasteiger partial charge in [0.15, 0.2) is 11.6 Å². The summed E-state index contributed by atoms with van der Waals surface area (Å²) in [6.45, 7) is 0.384. The van der Waals surface area contributed by atoms with Crippen LogP contribution in [0.1, 0.15) is 40.3 Å². The number of fused-ring (bicyclic) bond motifs is 1. The van der Waals surface area contributed by atoms with E-state index >= 15 is 0 Å². The zero-order valence-electron chi connectivity index (χ0n) is 25.9. The molecule has 4 aromatic carbocycles. The van der Waals surface area contributed by atoms with Crippen LogP contribution in [0.2, 0.25) is 0 Å². The Morgan fingerprint density at radius 1 is 0.917 bits per heavy atom. The Kier molecular flexibility index (Phi) is 9.85. The van der Waals surface area contributed by atoms with Crippen molar-refractivity contribution in [1.82, 2.24) is 10.9 Å².